The van der Waals surface area contributed by atoms with E-state index in [0.717, 1.165) is 59.2 Å². The van der Waals surface area contributed by atoms with Crippen molar-refractivity contribution in [3.8, 4) is 28.5 Å². The van der Waals surface area contributed by atoms with Gasteiger partial charge in [0.15, 0.2) is 0 Å². The smallest absolute Gasteiger partial charge is 0.132 e. The second kappa shape index (κ2) is 8.15. The number of aromatic amines is 1. The van der Waals surface area contributed by atoms with Crippen LogP contribution in [0.2, 0.25) is 0 Å². The Morgan fingerprint density at radius 2 is 1.53 bits per heavy atom. The van der Waals surface area contributed by atoms with Gasteiger partial charge in [0.25, 0.3) is 0 Å². The van der Waals surface area contributed by atoms with Crippen LogP contribution in [-0.2, 0) is 5.41 Å². The van der Waals surface area contributed by atoms with Gasteiger partial charge < -0.3 is 19.8 Å². The van der Waals surface area contributed by atoms with Crippen LogP contribution in [-0.4, -0.2) is 11.5 Å². The molecular weight excluding hydrogens is 468 g/mol. The Hall–Kier alpha value is -4.70. The van der Waals surface area contributed by atoms with Crippen molar-refractivity contribution >= 4 is 0 Å². The van der Waals surface area contributed by atoms with E-state index < -0.39 is 5.41 Å². The van der Waals surface area contributed by atoms with Gasteiger partial charge in [-0.1, -0.05) is 54.6 Å². The van der Waals surface area contributed by atoms with Gasteiger partial charge in [0.2, 0.25) is 0 Å². The maximum atomic E-state index is 6.83. The SMILES string of the molecule is C1=CC(C2=CC3=C(CC2)C2(c4ccc(-c5ccc[nH]5)cc4O3)c3ccccc3Oc3ccccc32)=CCN1. The molecule has 38 heavy (non-hydrogen) atoms. The van der Waals surface area contributed by atoms with Crippen LogP contribution in [0.4, 0.5) is 0 Å². The molecule has 3 aliphatic heterocycles. The number of benzene rings is 3. The first-order valence-electron chi connectivity index (χ1n) is 13.2. The normalized spacial score (nSPS) is 18.1. The van der Waals surface area contributed by atoms with Crippen molar-refractivity contribution in [3.05, 3.63) is 149 Å². The van der Waals surface area contributed by atoms with Gasteiger partial charge in [-0.05, 0) is 78.2 Å². The number of rotatable bonds is 2. The number of dihydropyridines is 1. The van der Waals surface area contributed by atoms with E-state index in [1.807, 2.05) is 18.5 Å². The van der Waals surface area contributed by atoms with Crippen molar-refractivity contribution in [2.24, 2.45) is 0 Å². The molecule has 2 N–H and O–H groups in total. The molecule has 3 aromatic carbocycles. The third-order valence-corrected chi connectivity index (χ3v) is 8.21. The zero-order chi connectivity index (χ0) is 25.1. The molecule has 4 heterocycles. The molecule has 0 atom stereocenters. The van der Waals surface area contributed by atoms with Crippen LogP contribution >= 0.6 is 0 Å². The average Bonchev–Trinajstić information content (AvgIpc) is 3.52. The highest BCUT2D eigenvalue weighted by atomic mass is 16.5. The minimum atomic E-state index is -0.497. The van der Waals surface area contributed by atoms with Crippen molar-refractivity contribution in [1.82, 2.24) is 10.3 Å². The fraction of sp³-hybridized carbons (Fsp3) is 0.118. The van der Waals surface area contributed by atoms with Crippen LogP contribution < -0.4 is 14.8 Å². The van der Waals surface area contributed by atoms with E-state index in [1.54, 1.807) is 0 Å². The highest BCUT2D eigenvalue weighted by Gasteiger charge is 2.51. The van der Waals surface area contributed by atoms with Crippen molar-refractivity contribution in [2.75, 3.05) is 6.54 Å². The van der Waals surface area contributed by atoms with Crippen molar-refractivity contribution in [2.45, 2.75) is 18.3 Å². The minimum Gasteiger partial charge on any atom is -0.457 e. The zero-order valence-electron chi connectivity index (χ0n) is 20.8. The van der Waals surface area contributed by atoms with Crippen LogP contribution in [0, 0.1) is 0 Å². The van der Waals surface area contributed by atoms with E-state index in [9.17, 15) is 0 Å². The molecule has 1 spiro atoms. The molecule has 4 aromatic rings. The molecule has 0 saturated carbocycles. The summed E-state index contributed by atoms with van der Waals surface area (Å²) >= 11 is 0. The van der Waals surface area contributed by atoms with Gasteiger partial charge in [-0.2, -0.15) is 0 Å². The Balaban J connectivity index is 1.44. The molecule has 1 aromatic heterocycles. The topological polar surface area (TPSA) is 46.3 Å². The summed E-state index contributed by atoms with van der Waals surface area (Å²) in [6.07, 6.45) is 12.5. The second-order valence-electron chi connectivity index (χ2n) is 10.2. The third kappa shape index (κ3) is 2.97. The fourth-order valence-electron chi connectivity index (χ4n) is 6.57. The van der Waals surface area contributed by atoms with Crippen molar-refractivity contribution in [3.63, 3.8) is 0 Å². The van der Waals surface area contributed by atoms with E-state index in [1.165, 1.54) is 27.8 Å². The monoisotopic (exact) mass is 494 g/mol. The summed E-state index contributed by atoms with van der Waals surface area (Å²) in [5.41, 5.74) is 9.05. The predicted octanol–water partition coefficient (Wildman–Crippen LogP) is 7.53. The molecule has 0 fully saturated rings. The van der Waals surface area contributed by atoms with Gasteiger partial charge in [-0.25, -0.2) is 0 Å². The first-order valence-corrected chi connectivity index (χ1v) is 13.2. The molecule has 8 rings (SSSR count). The van der Waals surface area contributed by atoms with Gasteiger partial charge in [0.1, 0.15) is 23.0 Å². The highest BCUT2D eigenvalue weighted by Crippen LogP contribution is 2.61. The molecule has 0 unspecified atom stereocenters. The summed E-state index contributed by atoms with van der Waals surface area (Å²) in [7, 11) is 0. The van der Waals surface area contributed by atoms with E-state index in [2.05, 4.69) is 101 Å². The van der Waals surface area contributed by atoms with E-state index >= 15 is 0 Å². The Bertz CT molecular complexity index is 1670. The molecule has 4 nitrogen and oxygen atoms in total. The van der Waals surface area contributed by atoms with Crippen LogP contribution in [0.5, 0.6) is 17.2 Å². The number of nitrogens with one attached hydrogen (secondary N) is 2. The first-order chi connectivity index (χ1) is 18.8. The lowest BCUT2D eigenvalue weighted by molar-refractivity contribution is 0.366. The lowest BCUT2D eigenvalue weighted by Gasteiger charge is -2.47. The maximum Gasteiger partial charge on any atom is 0.132 e. The van der Waals surface area contributed by atoms with Gasteiger partial charge in [0.05, 0.1) is 5.41 Å². The molecule has 0 radical (unpaired) electrons. The number of fused-ring (bicyclic) bond motifs is 7. The van der Waals surface area contributed by atoms with Crippen LogP contribution in [0.25, 0.3) is 11.3 Å². The first kappa shape index (κ1) is 21.4. The summed E-state index contributed by atoms with van der Waals surface area (Å²) in [4.78, 5) is 3.35. The summed E-state index contributed by atoms with van der Waals surface area (Å²) in [5.74, 6) is 3.63. The summed E-state index contributed by atoms with van der Waals surface area (Å²) < 4.78 is 13.3. The van der Waals surface area contributed by atoms with E-state index in [4.69, 9.17) is 9.47 Å². The van der Waals surface area contributed by atoms with E-state index in [-0.39, 0.29) is 0 Å². The fourth-order valence-corrected chi connectivity index (χ4v) is 6.57. The number of aromatic nitrogens is 1. The highest BCUT2D eigenvalue weighted by molar-refractivity contribution is 5.76. The Labute approximate surface area is 221 Å². The maximum absolute atomic E-state index is 6.83. The number of para-hydroxylation sites is 2. The molecule has 184 valence electrons. The van der Waals surface area contributed by atoms with Crippen molar-refractivity contribution in [1.29, 1.82) is 0 Å². The second-order valence-corrected chi connectivity index (χ2v) is 10.2. The van der Waals surface area contributed by atoms with E-state index in [0.29, 0.717) is 0 Å². The summed E-state index contributed by atoms with van der Waals surface area (Å²) in [5, 5.41) is 3.27. The quantitative estimate of drug-likeness (QED) is 0.303. The standard InChI is InChI=1S/C34H26N2O2/c1-3-9-30-25(6-1)34(26-7-2-4-10-31(26)37-30)27-13-11-23(22-15-18-35-19-16-22)20-32(27)38-33-21-24(12-14-28(33)34)29-8-5-17-36-29/h1-10,12,14-18,20-21,35-36H,11,13,19H2. The largest absolute Gasteiger partial charge is 0.457 e. The molecule has 0 bridgehead atoms. The van der Waals surface area contributed by atoms with Crippen LogP contribution in [0.1, 0.15) is 29.5 Å². The van der Waals surface area contributed by atoms with Gasteiger partial charge in [-0.3, -0.25) is 0 Å². The molecule has 1 aliphatic carbocycles. The Morgan fingerprint density at radius 1 is 0.737 bits per heavy atom. The Kier molecular flexibility index (Phi) is 4.59. The third-order valence-electron chi connectivity index (χ3n) is 8.21. The molecule has 0 saturated heterocycles. The minimum absolute atomic E-state index is 0.497. The van der Waals surface area contributed by atoms with Crippen LogP contribution in [0.15, 0.2) is 132 Å². The number of allylic oxidation sites excluding steroid dienone is 5. The van der Waals surface area contributed by atoms with Gasteiger partial charge in [-0.15, -0.1) is 0 Å². The number of hydrogen-bond donors (Lipinski definition) is 2. The average molecular weight is 495 g/mol. The Morgan fingerprint density at radius 3 is 2.26 bits per heavy atom. The van der Waals surface area contributed by atoms with Crippen molar-refractivity contribution < 1.29 is 9.47 Å². The molecule has 4 heteroatoms. The van der Waals surface area contributed by atoms with Gasteiger partial charge >= 0.3 is 0 Å². The summed E-state index contributed by atoms with van der Waals surface area (Å²) in [6.45, 7) is 0.848. The number of ether oxygens (including phenoxy) is 2. The number of H-pyrrole nitrogens is 1. The lowest BCUT2D eigenvalue weighted by atomic mass is 9.60. The lowest BCUT2D eigenvalue weighted by Crippen LogP contribution is -2.39. The molecular formula is C34H26N2O2. The van der Waals surface area contributed by atoms with Gasteiger partial charge in [0, 0.05) is 40.7 Å². The van der Waals surface area contributed by atoms with Crippen LogP contribution in [0.3, 0.4) is 0 Å². The number of hydrogen-bond acceptors (Lipinski definition) is 3. The zero-order valence-corrected chi connectivity index (χ0v) is 20.8. The molecule has 4 aliphatic rings. The molecule has 0 amide bonds. The summed E-state index contributed by atoms with van der Waals surface area (Å²) in [6, 6.07) is 27.7. The predicted molar refractivity (Wildman–Crippen MR) is 149 cm³/mol.